The summed E-state index contributed by atoms with van der Waals surface area (Å²) < 4.78 is 0. The summed E-state index contributed by atoms with van der Waals surface area (Å²) in [5.74, 6) is -0.244. The van der Waals surface area contributed by atoms with E-state index in [1.165, 1.54) is 0 Å². The van der Waals surface area contributed by atoms with Crippen molar-refractivity contribution < 1.29 is 14.4 Å². The number of rotatable bonds is 7. The molecule has 0 atom stereocenters. The number of anilines is 2. The highest BCUT2D eigenvalue weighted by Gasteiger charge is 2.12. The second kappa shape index (κ2) is 10.4. The van der Waals surface area contributed by atoms with E-state index in [2.05, 4.69) is 16.0 Å². The Morgan fingerprint density at radius 3 is 1.94 bits per heavy atom. The molecule has 3 rings (SSSR count). The average molecular weight is 430 g/mol. The van der Waals surface area contributed by atoms with Crippen LogP contribution >= 0.6 is 0 Å². The molecule has 0 saturated heterocycles. The minimum absolute atomic E-state index is 0.132. The first kappa shape index (κ1) is 22.7. The lowest BCUT2D eigenvalue weighted by Crippen LogP contribution is -2.27. The Morgan fingerprint density at radius 1 is 0.719 bits per heavy atom. The van der Waals surface area contributed by atoms with Crippen molar-refractivity contribution in [3.8, 4) is 0 Å². The molecule has 0 aliphatic carbocycles. The Morgan fingerprint density at radius 2 is 1.31 bits per heavy atom. The molecule has 0 heterocycles. The molecular weight excluding hydrogens is 402 g/mol. The fourth-order valence-corrected chi connectivity index (χ4v) is 3.04. The summed E-state index contributed by atoms with van der Waals surface area (Å²) in [5.41, 5.74) is 3.61. The van der Waals surface area contributed by atoms with E-state index in [0.29, 0.717) is 40.5 Å². The van der Waals surface area contributed by atoms with Crippen LogP contribution in [0.2, 0.25) is 0 Å². The van der Waals surface area contributed by atoms with Crippen molar-refractivity contribution in [3.63, 3.8) is 0 Å². The number of aryl methyl sites for hydroxylation is 1. The molecule has 3 aromatic carbocycles. The van der Waals surface area contributed by atoms with Gasteiger partial charge in [-0.05, 0) is 73.0 Å². The molecule has 0 fully saturated rings. The van der Waals surface area contributed by atoms with Crippen LogP contribution in [0, 0.1) is 12.8 Å². The predicted molar refractivity (Wildman–Crippen MR) is 127 cm³/mol. The van der Waals surface area contributed by atoms with Gasteiger partial charge in [-0.25, -0.2) is 0 Å². The largest absolute Gasteiger partial charge is 0.352 e. The summed E-state index contributed by atoms with van der Waals surface area (Å²) in [6, 6.07) is 20.8. The van der Waals surface area contributed by atoms with E-state index in [1.807, 2.05) is 26.8 Å². The second-order valence-corrected chi connectivity index (χ2v) is 7.99. The summed E-state index contributed by atoms with van der Waals surface area (Å²) >= 11 is 0. The maximum Gasteiger partial charge on any atom is 0.255 e. The number of carbonyl (C=O) groups is 3. The third kappa shape index (κ3) is 6.04. The highest BCUT2D eigenvalue weighted by Crippen LogP contribution is 2.19. The molecule has 0 spiro atoms. The van der Waals surface area contributed by atoms with E-state index in [1.54, 1.807) is 66.7 Å². The van der Waals surface area contributed by atoms with E-state index in [4.69, 9.17) is 0 Å². The maximum absolute atomic E-state index is 12.6. The lowest BCUT2D eigenvalue weighted by Gasteiger charge is -2.12. The number of amides is 3. The van der Waals surface area contributed by atoms with Crippen LogP contribution < -0.4 is 16.0 Å². The van der Waals surface area contributed by atoms with Crippen LogP contribution in [0.5, 0.6) is 0 Å². The Bertz CT molecular complexity index is 1110. The predicted octanol–water partition coefficient (Wildman–Crippen LogP) is 4.89. The van der Waals surface area contributed by atoms with Gasteiger partial charge < -0.3 is 16.0 Å². The third-order valence-electron chi connectivity index (χ3n) is 4.85. The van der Waals surface area contributed by atoms with Crippen LogP contribution in [0.1, 0.15) is 50.5 Å². The molecule has 0 aromatic heterocycles. The number of nitrogens with one attached hydrogen (secondary N) is 3. The topological polar surface area (TPSA) is 87.3 Å². The summed E-state index contributed by atoms with van der Waals surface area (Å²) in [5, 5.41) is 8.56. The van der Waals surface area contributed by atoms with Crippen molar-refractivity contribution in [1.29, 1.82) is 0 Å². The summed E-state index contributed by atoms with van der Waals surface area (Å²) in [6.45, 7) is 6.52. The SMILES string of the molecule is Cc1cc(C(=O)NCC(C)C)ccc1NC(=O)c1ccc(NC(=O)c2ccccc2)cc1. The van der Waals surface area contributed by atoms with Crippen LogP contribution in [0.4, 0.5) is 11.4 Å². The van der Waals surface area contributed by atoms with E-state index in [0.717, 1.165) is 5.56 Å². The Labute approximate surface area is 188 Å². The fourth-order valence-electron chi connectivity index (χ4n) is 3.04. The van der Waals surface area contributed by atoms with Crippen LogP contribution in [0.3, 0.4) is 0 Å². The minimum atomic E-state index is -0.272. The Balaban J connectivity index is 1.62. The summed E-state index contributed by atoms with van der Waals surface area (Å²) in [6.07, 6.45) is 0. The van der Waals surface area contributed by atoms with Gasteiger partial charge >= 0.3 is 0 Å². The molecule has 0 aliphatic rings. The molecule has 0 saturated carbocycles. The zero-order valence-electron chi connectivity index (χ0n) is 18.4. The van der Waals surface area contributed by atoms with Gasteiger partial charge in [-0.15, -0.1) is 0 Å². The maximum atomic E-state index is 12.6. The molecule has 0 bridgehead atoms. The smallest absolute Gasteiger partial charge is 0.255 e. The summed E-state index contributed by atoms with van der Waals surface area (Å²) in [7, 11) is 0. The first-order valence-corrected chi connectivity index (χ1v) is 10.5. The van der Waals surface area contributed by atoms with Crippen LogP contribution in [0.25, 0.3) is 0 Å². The first-order valence-electron chi connectivity index (χ1n) is 10.5. The van der Waals surface area contributed by atoms with Gasteiger partial charge in [0.05, 0.1) is 0 Å². The molecule has 3 N–H and O–H groups in total. The van der Waals surface area contributed by atoms with E-state index in [9.17, 15) is 14.4 Å². The Kier molecular flexibility index (Phi) is 7.39. The number of carbonyl (C=O) groups excluding carboxylic acids is 3. The summed E-state index contributed by atoms with van der Waals surface area (Å²) in [4.78, 5) is 37.1. The van der Waals surface area contributed by atoms with Gasteiger partial charge in [-0.1, -0.05) is 32.0 Å². The van der Waals surface area contributed by atoms with Gasteiger partial charge in [0.1, 0.15) is 0 Å². The van der Waals surface area contributed by atoms with E-state index in [-0.39, 0.29) is 17.7 Å². The molecule has 6 heteroatoms. The van der Waals surface area contributed by atoms with Crippen molar-refractivity contribution in [3.05, 3.63) is 95.1 Å². The van der Waals surface area contributed by atoms with Gasteiger partial charge in [0, 0.05) is 34.6 Å². The van der Waals surface area contributed by atoms with Crippen molar-refractivity contribution in [2.45, 2.75) is 20.8 Å². The van der Waals surface area contributed by atoms with Crippen molar-refractivity contribution in [1.82, 2.24) is 5.32 Å². The van der Waals surface area contributed by atoms with Crippen molar-refractivity contribution >= 4 is 29.1 Å². The van der Waals surface area contributed by atoms with Gasteiger partial charge in [-0.3, -0.25) is 14.4 Å². The van der Waals surface area contributed by atoms with Crippen LogP contribution in [-0.2, 0) is 0 Å². The lowest BCUT2D eigenvalue weighted by molar-refractivity contribution is 0.0947. The molecular formula is C26H27N3O3. The molecule has 164 valence electrons. The van der Waals surface area contributed by atoms with Gasteiger partial charge in [0.25, 0.3) is 17.7 Å². The molecule has 0 aliphatic heterocycles. The number of benzene rings is 3. The van der Waals surface area contributed by atoms with Gasteiger partial charge in [-0.2, -0.15) is 0 Å². The quantitative estimate of drug-likeness (QED) is 0.500. The van der Waals surface area contributed by atoms with E-state index >= 15 is 0 Å². The monoisotopic (exact) mass is 429 g/mol. The zero-order valence-corrected chi connectivity index (χ0v) is 18.4. The molecule has 6 nitrogen and oxygen atoms in total. The van der Waals surface area contributed by atoms with E-state index < -0.39 is 0 Å². The third-order valence-corrected chi connectivity index (χ3v) is 4.85. The molecule has 3 aromatic rings. The molecule has 0 unspecified atom stereocenters. The number of hydrogen-bond acceptors (Lipinski definition) is 3. The molecule has 0 radical (unpaired) electrons. The second-order valence-electron chi connectivity index (χ2n) is 7.99. The van der Waals surface area contributed by atoms with Crippen molar-refractivity contribution in [2.24, 2.45) is 5.92 Å². The highest BCUT2D eigenvalue weighted by atomic mass is 16.2. The lowest BCUT2D eigenvalue weighted by atomic mass is 10.1. The highest BCUT2D eigenvalue weighted by molar-refractivity contribution is 6.06. The van der Waals surface area contributed by atoms with Crippen LogP contribution in [0.15, 0.2) is 72.8 Å². The first-order chi connectivity index (χ1) is 15.3. The minimum Gasteiger partial charge on any atom is -0.352 e. The van der Waals surface area contributed by atoms with Gasteiger partial charge in [0.15, 0.2) is 0 Å². The normalized spacial score (nSPS) is 10.5. The average Bonchev–Trinajstić information content (AvgIpc) is 2.79. The fraction of sp³-hybridized carbons (Fsp3) is 0.192. The standard InChI is InChI=1S/C26H27N3O3/c1-17(2)16-27-24(30)21-11-14-23(18(3)15-21)29-26(32)20-9-12-22(13-10-20)28-25(31)19-7-5-4-6-8-19/h4-15,17H,16H2,1-3H3,(H,27,30)(H,28,31)(H,29,32). The number of hydrogen-bond donors (Lipinski definition) is 3. The van der Waals surface area contributed by atoms with Crippen LogP contribution in [-0.4, -0.2) is 24.3 Å². The molecule has 3 amide bonds. The van der Waals surface area contributed by atoms with Crippen molar-refractivity contribution in [2.75, 3.05) is 17.2 Å². The van der Waals surface area contributed by atoms with Gasteiger partial charge in [0.2, 0.25) is 0 Å². The Hall–Kier alpha value is -3.93. The zero-order chi connectivity index (χ0) is 23.1. The molecule has 32 heavy (non-hydrogen) atoms.